The minimum Gasteiger partial charge on any atom is -0.496 e. The molecule has 0 saturated heterocycles. The highest BCUT2D eigenvalue weighted by atomic mass is 19.1. The van der Waals surface area contributed by atoms with Gasteiger partial charge in [-0.3, -0.25) is 4.90 Å². The van der Waals surface area contributed by atoms with E-state index in [1.807, 2.05) is 0 Å². The Labute approximate surface area is 146 Å². The molecule has 0 aliphatic heterocycles. The topological polar surface area (TPSA) is 76.1 Å². The SMILES string of the molecule is COc1cccc(F)c1C(C)(C(=O)O)N(C(=O)OC(C)(C)C)C1CC1. The van der Waals surface area contributed by atoms with Crippen LogP contribution in [0.2, 0.25) is 0 Å². The third kappa shape index (κ3) is 3.70. The minimum atomic E-state index is -1.96. The first-order chi connectivity index (χ1) is 11.5. The number of aliphatic carboxylic acids is 1. The van der Waals surface area contributed by atoms with E-state index < -0.39 is 29.0 Å². The number of hydrogen-bond acceptors (Lipinski definition) is 4. The summed E-state index contributed by atoms with van der Waals surface area (Å²) in [5, 5.41) is 9.95. The van der Waals surface area contributed by atoms with E-state index in [2.05, 4.69) is 0 Å². The highest BCUT2D eigenvalue weighted by Crippen LogP contribution is 2.43. The highest BCUT2D eigenvalue weighted by molar-refractivity contribution is 5.87. The molecule has 1 aliphatic rings. The van der Waals surface area contributed by atoms with Gasteiger partial charge in [0.1, 0.15) is 17.2 Å². The first-order valence-electron chi connectivity index (χ1n) is 8.11. The quantitative estimate of drug-likeness (QED) is 0.876. The molecule has 1 aliphatic carbocycles. The Morgan fingerprint density at radius 2 is 1.84 bits per heavy atom. The number of carbonyl (C=O) groups excluding carboxylic acids is 1. The van der Waals surface area contributed by atoms with E-state index in [-0.39, 0.29) is 17.4 Å². The molecule has 138 valence electrons. The van der Waals surface area contributed by atoms with Gasteiger partial charge in [0.15, 0.2) is 5.54 Å². The molecule has 0 aromatic heterocycles. The summed E-state index contributed by atoms with van der Waals surface area (Å²) >= 11 is 0. The van der Waals surface area contributed by atoms with Crippen molar-refractivity contribution in [2.75, 3.05) is 7.11 Å². The molecule has 0 bridgehead atoms. The van der Waals surface area contributed by atoms with Gasteiger partial charge in [-0.1, -0.05) is 6.07 Å². The monoisotopic (exact) mass is 353 g/mol. The summed E-state index contributed by atoms with van der Waals surface area (Å²) < 4.78 is 25.2. The molecule has 1 unspecified atom stereocenters. The highest BCUT2D eigenvalue weighted by Gasteiger charge is 2.54. The van der Waals surface area contributed by atoms with Crippen molar-refractivity contribution in [3.63, 3.8) is 0 Å². The molecule has 6 nitrogen and oxygen atoms in total. The number of carboxylic acid groups (broad SMARTS) is 1. The number of amides is 1. The van der Waals surface area contributed by atoms with Crippen LogP contribution in [0.4, 0.5) is 9.18 Å². The zero-order valence-electron chi connectivity index (χ0n) is 15.1. The van der Waals surface area contributed by atoms with Crippen LogP contribution in [0.3, 0.4) is 0 Å². The fourth-order valence-electron chi connectivity index (χ4n) is 2.82. The van der Waals surface area contributed by atoms with Crippen molar-refractivity contribution >= 4 is 12.1 Å². The normalized spacial score (nSPS) is 16.7. The van der Waals surface area contributed by atoms with Crippen LogP contribution in [0.5, 0.6) is 5.75 Å². The van der Waals surface area contributed by atoms with Crippen LogP contribution in [0.1, 0.15) is 46.1 Å². The van der Waals surface area contributed by atoms with Gasteiger partial charge in [0, 0.05) is 6.04 Å². The zero-order valence-corrected chi connectivity index (χ0v) is 15.1. The van der Waals surface area contributed by atoms with E-state index >= 15 is 0 Å². The van der Waals surface area contributed by atoms with Crippen LogP contribution in [0.25, 0.3) is 0 Å². The lowest BCUT2D eigenvalue weighted by atomic mass is 9.88. The summed E-state index contributed by atoms with van der Waals surface area (Å²) in [7, 11) is 1.33. The summed E-state index contributed by atoms with van der Waals surface area (Å²) in [6.45, 7) is 6.38. The van der Waals surface area contributed by atoms with Crippen molar-refractivity contribution in [3.05, 3.63) is 29.6 Å². The summed E-state index contributed by atoms with van der Waals surface area (Å²) in [5.41, 5.74) is -2.95. The van der Waals surface area contributed by atoms with Gasteiger partial charge < -0.3 is 14.6 Å². The number of halogens is 1. The second-order valence-corrected chi connectivity index (χ2v) is 7.28. The molecule has 1 amide bonds. The number of hydrogen-bond donors (Lipinski definition) is 1. The molecule has 1 aromatic carbocycles. The third-order valence-corrected chi connectivity index (χ3v) is 4.08. The third-order valence-electron chi connectivity index (χ3n) is 4.08. The van der Waals surface area contributed by atoms with E-state index in [9.17, 15) is 19.1 Å². The fourth-order valence-corrected chi connectivity index (χ4v) is 2.82. The van der Waals surface area contributed by atoms with Crippen molar-refractivity contribution in [1.82, 2.24) is 4.90 Å². The smallest absolute Gasteiger partial charge is 0.411 e. The molecule has 25 heavy (non-hydrogen) atoms. The van der Waals surface area contributed by atoms with Gasteiger partial charge in [-0.05, 0) is 52.7 Å². The molecular formula is C18H24FNO5. The predicted molar refractivity (Wildman–Crippen MR) is 89.0 cm³/mol. The molecule has 1 atom stereocenters. The Hall–Kier alpha value is -2.31. The maximum Gasteiger partial charge on any atom is 0.411 e. The van der Waals surface area contributed by atoms with Crippen molar-refractivity contribution in [1.29, 1.82) is 0 Å². The average Bonchev–Trinajstić information content (AvgIpc) is 3.29. The van der Waals surface area contributed by atoms with Gasteiger partial charge in [-0.15, -0.1) is 0 Å². The van der Waals surface area contributed by atoms with Crippen LogP contribution in [-0.4, -0.2) is 40.8 Å². The first-order valence-corrected chi connectivity index (χ1v) is 8.11. The maximum atomic E-state index is 14.6. The second kappa shape index (κ2) is 6.54. The van der Waals surface area contributed by atoms with Gasteiger partial charge in [0.05, 0.1) is 12.7 Å². The van der Waals surface area contributed by atoms with Gasteiger partial charge in [0.25, 0.3) is 0 Å². The summed E-state index contributed by atoms with van der Waals surface area (Å²) in [6.07, 6.45) is 0.489. The fraction of sp³-hybridized carbons (Fsp3) is 0.556. The molecule has 0 spiro atoms. The Morgan fingerprint density at radius 3 is 2.28 bits per heavy atom. The number of methoxy groups -OCH3 is 1. The van der Waals surface area contributed by atoms with Crippen molar-refractivity contribution < 1.29 is 28.6 Å². The Morgan fingerprint density at radius 1 is 1.24 bits per heavy atom. The number of nitrogens with zero attached hydrogens (tertiary/aromatic N) is 1. The number of carboxylic acids is 1. The second-order valence-electron chi connectivity index (χ2n) is 7.28. The van der Waals surface area contributed by atoms with Gasteiger partial charge in [-0.25, -0.2) is 14.0 Å². The van der Waals surface area contributed by atoms with Gasteiger partial charge in [-0.2, -0.15) is 0 Å². The number of carbonyl (C=O) groups is 2. The van der Waals surface area contributed by atoms with Gasteiger partial charge in [0.2, 0.25) is 0 Å². The van der Waals surface area contributed by atoms with Gasteiger partial charge >= 0.3 is 12.1 Å². The Bertz CT molecular complexity index is 681. The van der Waals surface area contributed by atoms with Crippen molar-refractivity contribution in [2.45, 2.75) is 57.7 Å². The van der Waals surface area contributed by atoms with Crippen molar-refractivity contribution in [2.24, 2.45) is 0 Å². The van der Waals surface area contributed by atoms with E-state index in [1.54, 1.807) is 20.8 Å². The zero-order chi connectivity index (χ0) is 19.0. The molecular weight excluding hydrogens is 329 g/mol. The van der Waals surface area contributed by atoms with Crippen LogP contribution in [0, 0.1) is 5.82 Å². The molecule has 1 aromatic rings. The molecule has 1 saturated carbocycles. The Balaban J connectivity index is 2.61. The minimum absolute atomic E-state index is 0.0686. The standard InChI is InChI=1S/C18H24FNO5/c1-17(2,3)25-16(23)20(11-9-10-11)18(4,15(21)22)14-12(19)7-6-8-13(14)24-5/h6-8,11H,9-10H2,1-5H3,(H,21,22). The molecule has 1 N–H and O–H groups in total. The van der Waals surface area contributed by atoms with Crippen LogP contribution in [0.15, 0.2) is 18.2 Å². The number of benzene rings is 1. The number of ether oxygens (including phenoxy) is 2. The average molecular weight is 353 g/mol. The van der Waals surface area contributed by atoms with Crippen LogP contribution < -0.4 is 4.74 Å². The lowest BCUT2D eigenvalue weighted by Gasteiger charge is -2.39. The number of rotatable bonds is 5. The summed E-state index contributed by atoms with van der Waals surface area (Å²) in [5.74, 6) is -2.04. The van der Waals surface area contributed by atoms with E-state index in [1.165, 1.54) is 26.2 Å². The Kier molecular flexibility index (Phi) is 4.97. The van der Waals surface area contributed by atoms with Crippen molar-refractivity contribution in [3.8, 4) is 5.75 Å². The molecule has 1 fully saturated rings. The lowest BCUT2D eigenvalue weighted by molar-refractivity contribution is -0.151. The summed E-state index contributed by atoms with van der Waals surface area (Å²) in [6, 6.07) is 3.73. The van der Waals surface area contributed by atoms with Crippen LogP contribution in [-0.2, 0) is 15.1 Å². The van der Waals surface area contributed by atoms with E-state index in [4.69, 9.17) is 9.47 Å². The predicted octanol–water partition coefficient (Wildman–Crippen LogP) is 3.53. The molecule has 0 radical (unpaired) electrons. The molecule has 2 rings (SSSR count). The van der Waals surface area contributed by atoms with E-state index in [0.717, 1.165) is 11.0 Å². The van der Waals surface area contributed by atoms with Crippen LogP contribution >= 0.6 is 0 Å². The maximum absolute atomic E-state index is 14.6. The first kappa shape index (κ1) is 19.0. The van der Waals surface area contributed by atoms with E-state index in [0.29, 0.717) is 12.8 Å². The molecule has 0 heterocycles. The molecule has 7 heteroatoms. The largest absolute Gasteiger partial charge is 0.496 e. The summed E-state index contributed by atoms with van der Waals surface area (Å²) in [4.78, 5) is 26.1. The lowest BCUT2D eigenvalue weighted by Crippen LogP contribution is -2.55.